The molecule has 20 heavy (non-hydrogen) atoms. The molecule has 0 saturated carbocycles. The number of nitrogens with zero attached hydrogens (tertiary/aromatic N) is 3. The van der Waals surface area contributed by atoms with Gasteiger partial charge in [0.1, 0.15) is 11.4 Å². The number of aryl methyl sites for hydroxylation is 2. The lowest BCUT2D eigenvalue weighted by Crippen LogP contribution is -2.14. The van der Waals surface area contributed by atoms with Gasteiger partial charge < -0.3 is 4.98 Å². The highest BCUT2D eigenvalue weighted by atomic mass is 16.2. The molecule has 100 valence electrons. The first kappa shape index (κ1) is 12.3. The van der Waals surface area contributed by atoms with Gasteiger partial charge in [0, 0.05) is 23.8 Å². The highest BCUT2D eigenvalue weighted by molar-refractivity contribution is 6.32. The Hall–Kier alpha value is -2.76. The third kappa shape index (κ3) is 2.11. The summed E-state index contributed by atoms with van der Waals surface area (Å²) in [5.41, 5.74) is 7.04. The number of hydrazone groups is 1. The molecule has 0 aromatic carbocycles. The van der Waals surface area contributed by atoms with Crippen molar-refractivity contribution in [3.8, 4) is 0 Å². The van der Waals surface area contributed by atoms with Crippen LogP contribution in [0.15, 0.2) is 35.3 Å². The summed E-state index contributed by atoms with van der Waals surface area (Å²) in [6, 6.07) is 2.03. The van der Waals surface area contributed by atoms with Gasteiger partial charge >= 0.3 is 0 Å². The number of hydrogen-bond donors (Lipinski definition) is 2. The van der Waals surface area contributed by atoms with E-state index in [9.17, 15) is 4.79 Å². The topological polar surface area (TPSA) is 83.0 Å². The maximum absolute atomic E-state index is 11.9. The minimum absolute atomic E-state index is 0.239. The number of carbonyl (C=O) groups excluding carboxylic acids is 1. The van der Waals surface area contributed by atoms with E-state index in [-0.39, 0.29) is 5.91 Å². The van der Waals surface area contributed by atoms with Crippen molar-refractivity contribution in [2.75, 3.05) is 0 Å². The zero-order valence-corrected chi connectivity index (χ0v) is 11.1. The van der Waals surface area contributed by atoms with Crippen molar-refractivity contribution < 1.29 is 4.79 Å². The van der Waals surface area contributed by atoms with Crippen LogP contribution in [-0.2, 0) is 4.79 Å². The fourth-order valence-corrected chi connectivity index (χ4v) is 2.13. The Balaban J connectivity index is 2.05. The second kappa shape index (κ2) is 4.73. The summed E-state index contributed by atoms with van der Waals surface area (Å²) in [7, 11) is 0. The first-order valence-electron chi connectivity index (χ1n) is 6.18. The van der Waals surface area contributed by atoms with E-state index in [1.807, 2.05) is 19.9 Å². The molecule has 0 atom stereocenters. The number of amides is 1. The summed E-state index contributed by atoms with van der Waals surface area (Å²) in [6.07, 6.45) is 6.52. The number of carbonyl (C=O) groups is 1. The lowest BCUT2D eigenvalue weighted by atomic mass is 10.1. The van der Waals surface area contributed by atoms with E-state index in [2.05, 4.69) is 25.5 Å². The normalized spacial score (nSPS) is 16.4. The van der Waals surface area contributed by atoms with Gasteiger partial charge in [-0.3, -0.25) is 14.8 Å². The number of H-pyrrole nitrogens is 1. The molecule has 2 aromatic heterocycles. The molecule has 1 aliphatic rings. The Morgan fingerprint density at radius 3 is 2.75 bits per heavy atom. The van der Waals surface area contributed by atoms with Crippen LogP contribution in [0.1, 0.15) is 22.6 Å². The van der Waals surface area contributed by atoms with E-state index in [1.165, 1.54) is 0 Å². The van der Waals surface area contributed by atoms with Crippen LogP contribution in [0.4, 0.5) is 0 Å². The fourth-order valence-electron chi connectivity index (χ4n) is 2.13. The molecular formula is C14H13N5O. The third-order valence-electron chi connectivity index (χ3n) is 3.05. The molecular weight excluding hydrogens is 254 g/mol. The highest BCUT2D eigenvalue weighted by Gasteiger charge is 2.25. The summed E-state index contributed by atoms with van der Waals surface area (Å²) in [5, 5.41) is 4.03. The molecule has 2 N–H and O–H groups in total. The van der Waals surface area contributed by atoms with Gasteiger partial charge in [0.15, 0.2) is 0 Å². The van der Waals surface area contributed by atoms with Crippen molar-refractivity contribution in [1.82, 2.24) is 20.4 Å². The minimum Gasteiger partial charge on any atom is -0.359 e. The van der Waals surface area contributed by atoms with Crippen molar-refractivity contribution in [1.29, 1.82) is 0 Å². The van der Waals surface area contributed by atoms with E-state index >= 15 is 0 Å². The van der Waals surface area contributed by atoms with E-state index in [0.29, 0.717) is 17.0 Å². The predicted molar refractivity (Wildman–Crippen MR) is 75.0 cm³/mol. The average Bonchev–Trinajstić information content (AvgIpc) is 2.95. The Kier molecular flexibility index (Phi) is 2.90. The number of hydrogen-bond acceptors (Lipinski definition) is 4. The Labute approximate surface area is 115 Å². The van der Waals surface area contributed by atoms with Crippen molar-refractivity contribution >= 4 is 17.7 Å². The van der Waals surface area contributed by atoms with Crippen molar-refractivity contribution in [3.05, 3.63) is 52.9 Å². The maximum atomic E-state index is 11.9. The van der Waals surface area contributed by atoms with Gasteiger partial charge in [0.25, 0.3) is 5.91 Å². The monoisotopic (exact) mass is 267 g/mol. The van der Waals surface area contributed by atoms with Crippen molar-refractivity contribution in [2.24, 2.45) is 5.10 Å². The van der Waals surface area contributed by atoms with Crippen LogP contribution in [-0.4, -0.2) is 26.6 Å². The van der Waals surface area contributed by atoms with Gasteiger partial charge in [-0.2, -0.15) is 5.10 Å². The quantitative estimate of drug-likeness (QED) is 0.805. The lowest BCUT2D eigenvalue weighted by Gasteiger charge is -2.00. The van der Waals surface area contributed by atoms with Crippen LogP contribution >= 0.6 is 0 Å². The van der Waals surface area contributed by atoms with Gasteiger partial charge in [-0.05, 0) is 31.6 Å². The van der Waals surface area contributed by atoms with Crippen LogP contribution in [0.25, 0.3) is 6.08 Å². The van der Waals surface area contributed by atoms with E-state index in [0.717, 1.165) is 17.0 Å². The van der Waals surface area contributed by atoms with Crippen LogP contribution in [0.2, 0.25) is 0 Å². The molecule has 0 spiro atoms. The molecule has 6 nitrogen and oxygen atoms in total. The molecule has 0 bridgehead atoms. The van der Waals surface area contributed by atoms with Gasteiger partial charge in [-0.25, -0.2) is 5.43 Å². The second-order valence-corrected chi connectivity index (χ2v) is 4.60. The lowest BCUT2D eigenvalue weighted by molar-refractivity contribution is -0.116. The fraction of sp³-hybridized carbons (Fsp3) is 0.143. The van der Waals surface area contributed by atoms with Crippen molar-refractivity contribution in [3.63, 3.8) is 0 Å². The summed E-state index contributed by atoms with van der Waals surface area (Å²) in [5.74, 6) is -0.239. The van der Waals surface area contributed by atoms with Crippen LogP contribution < -0.4 is 5.43 Å². The van der Waals surface area contributed by atoms with Gasteiger partial charge in [-0.15, -0.1) is 0 Å². The number of aromatic nitrogens is 3. The number of nitrogens with one attached hydrogen (secondary N) is 2. The molecule has 2 aromatic rings. The minimum atomic E-state index is -0.239. The number of rotatable bonds is 2. The molecule has 0 saturated heterocycles. The predicted octanol–water partition coefficient (Wildman–Crippen LogP) is 1.34. The zero-order chi connectivity index (χ0) is 14.1. The summed E-state index contributed by atoms with van der Waals surface area (Å²) in [6.45, 7) is 3.96. The molecule has 0 aliphatic carbocycles. The smallest absolute Gasteiger partial charge is 0.273 e. The largest absolute Gasteiger partial charge is 0.359 e. The molecule has 3 rings (SSSR count). The van der Waals surface area contributed by atoms with Crippen LogP contribution in [0, 0.1) is 13.8 Å². The molecule has 0 unspecified atom stereocenters. The van der Waals surface area contributed by atoms with E-state index < -0.39 is 0 Å². The molecule has 3 heterocycles. The van der Waals surface area contributed by atoms with Gasteiger partial charge in [0.05, 0.1) is 11.8 Å². The van der Waals surface area contributed by atoms with E-state index in [1.54, 1.807) is 24.7 Å². The summed E-state index contributed by atoms with van der Waals surface area (Å²) < 4.78 is 0. The standard InChI is InChI=1S/C14H13N5O/c1-8-5-9(2)17-11(8)6-10-13(18-19-14(10)20)12-7-15-3-4-16-12/h3-7,17H,1-2H3,(H,19,20)/b10-6+. The summed E-state index contributed by atoms with van der Waals surface area (Å²) in [4.78, 5) is 23.3. The van der Waals surface area contributed by atoms with E-state index in [4.69, 9.17) is 0 Å². The summed E-state index contributed by atoms with van der Waals surface area (Å²) >= 11 is 0. The molecule has 0 radical (unpaired) electrons. The number of aromatic amines is 1. The zero-order valence-electron chi connectivity index (χ0n) is 11.1. The highest BCUT2D eigenvalue weighted by Crippen LogP contribution is 2.18. The SMILES string of the molecule is Cc1cc(C)c(/C=C2/C(=O)NN=C2c2cnccn2)[nH]1. The van der Waals surface area contributed by atoms with Crippen molar-refractivity contribution in [2.45, 2.75) is 13.8 Å². The third-order valence-corrected chi connectivity index (χ3v) is 3.05. The molecule has 6 heteroatoms. The Bertz CT molecular complexity index is 727. The Morgan fingerprint density at radius 2 is 2.10 bits per heavy atom. The molecule has 1 amide bonds. The molecule has 0 fully saturated rings. The van der Waals surface area contributed by atoms with Gasteiger partial charge in [0.2, 0.25) is 0 Å². The maximum Gasteiger partial charge on any atom is 0.273 e. The Morgan fingerprint density at radius 1 is 1.25 bits per heavy atom. The molecule has 1 aliphatic heterocycles. The second-order valence-electron chi connectivity index (χ2n) is 4.60. The van der Waals surface area contributed by atoms with Crippen LogP contribution in [0.5, 0.6) is 0 Å². The first-order chi connectivity index (χ1) is 9.65. The average molecular weight is 267 g/mol. The van der Waals surface area contributed by atoms with Crippen LogP contribution in [0.3, 0.4) is 0 Å². The first-order valence-corrected chi connectivity index (χ1v) is 6.18. The van der Waals surface area contributed by atoms with Gasteiger partial charge in [-0.1, -0.05) is 0 Å².